The third-order valence-corrected chi connectivity index (χ3v) is 7.42. The number of nitriles is 2. The maximum absolute atomic E-state index is 12.5. The van der Waals surface area contributed by atoms with Gasteiger partial charge in [0.05, 0.1) is 65.6 Å². The van der Waals surface area contributed by atoms with E-state index in [-0.39, 0.29) is 35.9 Å². The molecule has 3 aliphatic rings. The van der Waals surface area contributed by atoms with Gasteiger partial charge < -0.3 is 35.6 Å². The Morgan fingerprint density at radius 1 is 1.18 bits per heavy atom. The second kappa shape index (κ2) is 10.7. The zero-order chi connectivity index (χ0) is 27.8. The van der Waals surface area contributed by atoms with Crippen LogP contribution in [0.2, 0.25) is 5.02 Å². The van der Waals surface area contributed by atoms with Crippen LogP contribution in [0.5, 0.6) is 0 Å². The van der Waals surface area contributed by atoms with E-state index >= 15 is 0 Å². The average molecular weight is 564 g/mol. The Morgan fingerprint density at radius 3 is 2.67 bits per heavy atom. The van der Waals surface area contributed by atoms with E-state index in [4.69, 9.17) is 21.1 Å². The summed E-state index contributed by atoms with van der Waals surface area (Å²) in [5, 5.41) is 36.4. The first kappa shape index (κ1) is 25.9. The monoisotopic (exact) mass is 563 g/mol. The van der Waals surface area contributed by atoms with Crippen molar-refractivity contribution in [3.05, 3.63) is 34.6 Å². The summed E-state index contributed by atoms with van der Waals surface area (Å²) < 4.78 is 12.2. The van der Waals surface area contributed by atoms with E-state index in [9.17, 15) is 15.3 Å². The second-order valence-electron chi connectivity index (χ2n) is 9.92. The standard InChI is InChI=1S/C25H26ClN11O3/c1-39-20-10-36(9-18(20)33-25(38)31-15-11-40-12-15)19-5-13(6-27)4-17(21(19)26)32-24-34-22(30-14-2-3-14)23-29-8-16(7-28)37(23)35-24/h4-5,8,14-15,18,20H,2-3,9-12H2,1H3,(H2,31,33,38)(H2,30,32,34,35)/t18-,20-/m0/s1. The molecule has 2 aliphatic heterocycles. The summed E-state index contributed by atoms with van der Waals surface area (Å²) in [6, 6.07) is 7.26. The largest absolute Gasteiger partial charge is 0.377 e. The number of carbonyl (C=O) groups excluding carboxylic acids is 1. The maximum Gasteiger partial charge on any atom is 0.315 e. The van der Waals surface area contributed by atoms with Crippen molar-refractivity contribution in [1.29, 1.82) is 10.5 Å². The number of ether oxygens (including phenoxy) is 2. The quantitative estimate of drug-likeness (QED) is 0.314. The molecular weight excluding hydrogens is 538 g/mol. The SMILES string of the molecule is CO[C@H]1CN(c2cc(C#N)cc(Nc3nc(NC4CC4)c4ncc(C#N)n4n3)c2Cl)C[C@@H]1NC(=O)NC1COC1. The zero-order valence-corrected chi connectivity index (χ0v) is 22.3. The Bertz CT molecular complexity index is 1540. The molecule has 0 unspecified atom stereocenters. The van der Waals surface area contributed by atoms with Crippen molar-refractivity contribution in [3.63, 3.8) is 0 Å². The number of imidazole rings is 1. The predicted octanol–water partition coefficient (Wildman–Crippen LogP) is 1.74. The third-order valence-electron chi connectivity index (χ3n) is 7.02. The molecule has 6 rings (SSSR count). The second-order valence-corrected chi connectivity index (χ2v) is 10.3. The molecule has 0 spiro atoms. The molecule has 1 aromatic carbocycles. The van der Waals surface area contributed by atoms with Gasteiger partial charge in [-0.15, -0.1) is 5.10 Å². The Kier molecular flexibility index (Phi) is 6.89. The summed E-state index contributed by atoms with van der Waals surface area (Å²) in [7, 11) is 1.59. The molecule has 0 radical (unpaired) electrons. The first-order chi connectivity index (χ1) is 19.4. The van der Waals surface area contributed by atoms with Crippen LogP contribution >= 0.6 is 11.6 Å². The maximum atomic E-state index is 12.5. The first-order valence-corrected chi connectivity index (χ1v) is 13.2. The first-order valence-electron chi connectivity index (χ1n) is 12.8. The highest BCUT2D eigenvalue weighted by atomic mass is 35.5. The van der Waals surface area contributed by atoms with Crippen molar-refractivity contribution in [2.45, 2.75) is 37.1 Å². The fourth-order valence-electron chi connectivity index (χ4n) is 4.71. The number of benzene rings is 1. The van der Waals surface area contributed by atoms with Crippen molar-refractivity contribution in [3.8, 4) is 12.1 Å². The zero-order valence-electron chi connectivity index (χ0n) is 21.5. The number of nitrogens with zero attached hydrogens (tertiary/aromatic N) is 7. The Hall–Kier alpha value is -4.37. The molecule has 3 aromatic rings. The van der Waals surface area contributed by atoms with Gasteiger partial charge in [0.2, 0.25) is 5.95 Å². The minimum absolute atomic E-state index is 0.00174. The van der Waals surface area contributed by atoms with Crippen molar-refractivity contribution >= 4 is 46.4 Å². The number of hydrogen-bond donors (Lipinski definition) is 4. The van der Waals surface area contributed by atoms with Gasteiger partial charge in [-0.3, -0.25) is 0 Å². The molecule has 14 nitrogen and oxygen atoms in total. The van der Waals surface area contributed by atoms with Crippen molar-refractivity contribution < 1.29 is 14.3 Å². The fraction of sp³-hybridized carbons (Fsp3) is 0.440. The molecule has 4 N–H and O–H groups in total. The van der Waals surface area contributed by atoms with Gasteiger partial charge in [0, 0.05) is 26.2 Å². The number of rotatable bonds is 8. The Morgan fingerprint density at radius 2 is 2.00 bits per heavy atom. The lowest BCUT2D eigenvalue weighted by Crippen LogP contribution is -2.55. The number of hydrogen-bond acceptors (Lipinski definition) is 11. The van der Waals surface area contributed by atoms with Crippen molar-refractivity contribution in [1.82, 2.24) is 30.2 Å². The van der Waals surface area contributed by atoms with Crippen molar-refractivity contribution in [2.75, 3.05) is 48.9 Å². The van der Waals surface area contributed by atoms with Gasteiger partial charge in [0.15, 0.2) is 17.2 Å². The van der Waals surface area contributed by atoms with Crippen LogP contribution in [0, 0.1) is 22.7 Å². The number of urea groups is 1. The van der Waals surface area contributed by atoms with E-state index in [1.54, 1.807) is 19.2 Å². The third kappa shape index (κ3) is 5.12. The van der Waals surface area contributed by atoms with Crippen LogP contribution in [-0.2, 0) is 9.47 Å². The van der Waals surface area contributed by atoms with E-state index in [0.29, 0.717) is 65.8 Å². The molecule has 1 aliphatic carbocycles. The highest BCUT2D eigenvalue weighted by Crippen LogP contribution is 2.38. The van der Waals surface area contributed by atoms with Gasteiger partial charge in [-0.1, -0.05) is 11.6 Å². The number of amides is 2. The topological polar surface area (TPSA) is 178 Å². The smallest absolute Gasteiger partial charge is 0.315 e. The molecular formula is C25H26ClN11O3. The molecule has 2 atom stereocenters. The molecule has 206 valence electrons. The summed E-state index contributed by atoms with van der Waals surface area (Å²) in [4.78, 5) is 23.3. The normalized spacial score (nSPS) is 20.4. The lowest BCUT2D eigenvalue weighted by molar-refractivity contribution is -0.000447. The average Bonchev–Trinajstić information content (AvgIpc) is 3.50. The van der Waals surface area contributed by atoms with E-state index in [0.717, 1.165) is 12.8 Å². The molecule has 2 aromatic heterocycles. The van der Waals surface area contributed by atoms with Crippen LogP contribution < -0.4 is 26.2 Å². The molecule has 40 heavy (non-hydrogen) atoms. The van der Waals surface area contributed by atoms with Crippen LogP contribution in [-0.4, -0.2) is 83.3 Å². The summed E-state index contributed by atoms with van der Waals surface area (Å²) in [5.41, 5.74) is 2.08. The lowest BCUT2D eigenvalue weighted by Gasteiger charge is -2.28. The number of fused-ring (bicyclic) bond motifs is 1. The molecule has 15 heteroatoms. The number of anilines is 4. The van der Waals surface area contributed by atoms with Gasteiger partial charge in [-0.25, -0.2) is 9.78 Å². The summed E-state index contributed by atoms with van der Waals surface area (Å²) in [6.07, 6.45) is 3.19. The molecule has 2 amide bonds. The molecule has 4 heterocycles. The number of halogens is 1. The highest BCUT2D eigenvalue weighted by molar-refractivity contribution is 6.36. The van der Waals surface area contributed by atoms with Crippen LogP contribution in [0.3, 0.4) is 0 Å². The van der Waals surface area contributed by atoms with Gasteiger partial charge in [0.1, 0.15) is 6.07 Å². The summed E-state index contributed by atoms with van der Waals surface area (Å²) in [6.45, 7) is 1.86. The Balaban J connectivity index is 1.27. The fourth-order valence-corrected chi connectivity index (χ4v) is 4.98. The van der Waals surface area contributed by atoms with Crippen LogP contribution in [0.15, 0.2) is 18.3 Å². The van der Waals surface area contributed by atoms with E-state index in [1.807, 2.05) is 4.90 Å². The van der Waals surface area contributed by atoms with Crippen molar-refractivity contribution in [2.24, 2.45) is 0 Å². The summed E-state index contributed by atoms with van der Waals surface area (Å²) in [5.74, 6) is 0.679. The van der Waals surface area contributed by atoms with Gasteiger partial charge in [0.25, 0.3) is 0 Å². The lowest BCUT2D eigenvalue weighted by atomic mass is 10.1. The van der Waals surface area contributed by atoms with E-state index in [2.05, 4.69) is 48.5 Å². The predicted molar refractivity (Wildman–Crippen MR) is 145 cm³/mol. The summed E-state index contributed by atoms with van der Waals surface area (Å²) >= 11 is 6.89. The van der Waals surface area contributed by atoms with Crippen LogP contribution in [0.1, 0.15) is 24.1 Å². The Labute approximate surface area is 234 Å². The highest BCUT2D eigenvalue weighted by Gasteiger charge is 2.36. The van der Waals surface area contributed by atoms with E-state index in [1.165, 1.54) is 10.7 Å². The molecule has 3 fully saturated rings. The van der Waals surface area contributed by atoms with Gasteiger partial charge in [-0.05, 0) is 25.0 Å². The number of aromatic nitrogens is 4. The number of carbonyl (C=O) groups is 1. The minimum atomic E-state index is -0.309. The van der Waals surface area contributed by atoms with Gasteiger partial charge in [-0.2, -0.15) is 20.0 Å². The van der Waals surface area contributed by atoms with Crippen LogP contribution in [0.25, 0.3) is 5.65 Å². The molecule has 1 saturated carbocycles. The van der Waals surface area contributed by atoms with E-state index < -0.39 is 0 Å². The minimum Gasteiger partial charge on any atom is -0.377 e. The van der Waals surface area contributed by atoms with Crippen LogP contribution in [0.4, 0.5) is 27.9 Å². The molecule has 0 bridgehead atoms. The number of methoxy groups -OCH3 is 1. The number of nitrogens with one attached hydrogen (secondary N) is 4. The van der Waals surface area contributed by atoms with Gasteiger partial charge >= 0.3 is 6.03 Å². The molecule has 2 saturated heterocycles.